The molecule has 9 rings (SSSR count). The van der Waals surface area contributed by atoms with Gasteiger partial charge in [0.15, 0.2) is 0 Å². The predicted octanol–water partition coefficient (Wildman–Crippen LogP) is 13.6. The highest BCUT2D eigenvalue weighted by atomic mass is 15.2. The second-order valence-electron chi connectivity index (χ2n) is 15.1. The van der Waals surface area contributed by atoms with Crippen molar-refractivity contribution in [2.45, 2.75) is 47.0 Å². The Balaban J connectivity index is 1.38. The third-order valence-electron chi connectivity index (χ3n) is 10.8. The van der Waals surface area contributed by atoms with Crippen molar-refractivity contribution in [2.24, 2.45) is 0 Å². The van der Waals surface area contributed by atoms with Gasteiger partial charge in [0, 0.05) is 50.3 Å². The summed E-state index contributed by atoms with van der Waals surface area (Å²) in [7, 11) is 0. The van der Waals surface area contributed by atoms with E-state index in [1.165, 1.54) is 66.6 Å². The number of benzene rings is 7. The lowest BCUT2D eigenvalue weighted by Gasteiger charge is -2.36. The van der Waals surface area contributed by atoms with Gasteiger partial charge in [-0.15, -0.1) is 0 Å². The molecule has 0 spiro atoms. The van der Waals surface area contributed by atoms with Gasteiger partial charge in [-0.25, -0.2) is 0 Å². The third-order valence-corrected chi connectivity index (χ3v) is 10.8. The fourth-order valence-electron chi connectivity index (χ4n) is 8.67. The number of fused-ring (bicyclic) bond motifs is 5. The molecule has 0 radical (unpaired) electrons. The summed E-state index contributed by atoms with van der Waals surface area (Å²) in [5.74, 6) is 0. The second kappa shape index (κ2) is 12.0. The smallest absolute Gasteiger partial charge is 0.0583 e. The molecule has 0 N–H and O–H groups in total. The minimum Gasteiger partial charge on any atom is -0.310 e. The summed E-state index contributed by atoms with van der Waals surface area (Å²) in [6.45, 7) is 13.5. The lowest BCUT2D eigenvalue weighted by molar-refractivity contribution is 0.630. The van der Waals surface area contributed by atoms with Crippen LogP contribution in [0.2, 0.25) is 0 Å². The predicted molar refractivity (Wildman–Crippen MR) is 221 cm³/mol. The molecule has 0 saturated carbocycles. The van der Waals surface area contributed by atoms with Crippen molar-refractivity contribution >= 4 is 55.9 Å². The Labute approximate surface area is 307 Å². The van der Waals surface area contributed by atoms with Crippen LogP contribution in [0.25, 0.3) is 27.5 Å². The van der Waals surface area contributed by atoms with Crippen LogP contribution in [-0.4, -0.2) is 4.57 Å². The molecule has 1 aliphatic rings. The molecular formula is C49H43N3. The van der Waals surface area contributed by atoms with Gasteiger partial charge in [0.2, 0.25) is 0 Å². The lowest BCUT2D eigenvalue weighted by atomic mass is 9.74. The van der Waals surface area contributed by atoms with Crippen molar-refractivity contribution in [3.05, 3.63) is 185 Å². The summed E-state index contributed by atoms with van der Waals surface area (Å²) in [6.07, 6.45) is 0. The standard InChI is InChI=1S/C49H43N3/c1-32-23-33(2)26-39(25-32)50(36-15-9-7-10-16-36)38-21-22-46-42(29-38)43-30-41(31-45-48(43)52(46)47-20-14-13-19-44(47)49(45,5)6)51(37-17-11-8-12-18-37)40-27-34(3)24-35(4)28-40/h7-31H,1-6H3. The maximum Gasteiger partial charge on any atom is 0.0583 e. The fraction of sp³-hybridized carbons (Fsp3) is 0.143. The van der Waals surface area contributed by atoms with Crippen LogP contribution in [-0.2, 0) is 5.41 Å². The minimum absolute atomic E-state index is 0.224. The van der Waals surface area contributed by atoms with E-state index in [-0.39, 0.29) is 5.41 Å². The van der Waals surface area contributed by atoms with Crippen LogP contribution in [0.5, 0.6) is 0 Å². The molecule has 0 fully saturated rings. The maximum atomic E-state index is 2.52. The molecule has 8 aromatic rings. The van der Waals surface area contributed by atoms with E-state index in [2.05, 4.69) is 208 Å². The Bertz CT molecular complexity index is 2610. The number of aryl methyl sites for hydroxylation is 4. The summed E-state index contributed by atoms with van der Waals surface area (Å²) >= 11 is 0. The molecule has 7 aromatic carbocycles. The molecule has 1 aliphatic heterocycles. The number of rotatable bonds is 6. The van der Waals surface area contributed by atoms with Gasteiger partial charge >= 0.3 is 0 Å². The van der Waals surface area contributed by atoms with E-state index in [1.807, 2.05) is 0 Å². The van der Waals surface area contributed by atoms with E-state index in [0.29, 0.717) is 0 Å². The monoisotopic (exact) mass is 673 g/mol. The minimum atomic E-state index is -0.224. The average molecular weight is 674 g/mol. The van der Waals surface area contributed by atoms with Gasteiger partial charge < -0.3 is 14.4 Å². The van der Waals surface area contributed by atoms with E-state index < -0.39 is 0 Å². The molecule has 0 amide bonds. The fourth-order valence-corrected chi connectivity index (χ4v) is 8.67. The molecular weight excluding hydrogens is 631 g/mol. The zero-order valence-corrected chi connectivity index (χ0v) is 30.8. The largest absolute Gasteiger partial charge is 0.310 e. The van der Waals surface area contributed by atoms with Gasteiger partial charge in [0.1, 0.15) is 0 Å². The van der Waals surface area contributed by atoms with E-state index in [0.717, 1.165) is 28.4 Å². The van der Waals surface area contributed by atoms with E-state index >= 15 is 0 Å². The topological polar surface area (TPSA) is 11.4 Å². The molecule has 0 atom stereocenters. The van der Waals surface area contributed by atoms with Gasteiger partial charge in [-0.05, 0) is 146 Å². The molecule has 3 heteroatoms. The zero-order chi connectivity index (χ0) is 35.7. The van der Waals surface area contributed by atoms with E-state index in [9.17, 15) is 0 Å². The van der Waals surface area contributed by atoms with Gasteiger partial charge in [0.25, 0.3) is 0 Å². The maximum absolute atomic E-state index is 2.52. The van der Waals surface area contributed by atoms with Crippen LogP contribution in [0.4, 0.5) is 34.1 Å². The van der Waals surface area contributed by atoms with Crippen molar-refractivity contribution in [3.8, 4) is 5.69 Å². The van der Waals surface area contributed by atoms with Crippen LogP contribution in [0.3, 0.4) is 0 Å². The first kappa shape index (κ1) is 31.9. The van der Waals surface area contributed by atoms with Gasteiger partial charge in [0.05, 0.1) is 16.7 Å². The summed E-state index contributed by atoms with van der Waals surface area (Å²) in [4.78, 5) is 4.84. The Kier molecular flexibility index (Phi) is 7.37. The second-order valence-corrected chi connectivity index (χ2v) is 15.1. The zero-order valence-electron chi connectivity index (χ0n) is 30.8. The molecule has 0 saturated heterocycles. The molecule has 0 bridgehead atoms. The average Bonchev–Trinajstić information content (AvgIpc) is 3.45. The summed E-state index contributed by atoms with van der Waals surface area (Å²) < 4.78 is 2.52. The molecule has 2 heterocycles. The van der Waals surface area contributed by atoms with Crippen molar-refractivity contribution in [2.75, 3.05) is 9.80 Å². The quantitative estimate of drug-likeness (QED) is 0.174. The number of anilines is 6. The van der Waals surface area contributed by atoms with Crippen LogP contribution >= 0.6 is 0 Å². The summed E-state index contributed by atoms with van der Waals surface area (Å²) in [5.41, 5.74) is 18.1. The number of hydrogen-bond acceptors (Lipinski definition) is 2. The summed E-state index contributed by atoms with van der Waals surface area (Å²) in [5, 5.41) is 2.49. The Morgan fingerprint density at radius 3 is 1.46 bits per heavy atom. The van der Waals surface area contributed by atoms with Crippen molar-refractivity contribution < 1.29 is 0 Å². The van der Waals surface area contributed by atoms with Crippen LogP contribution in [0.15, 0.2) is 152 Å². The molecule has 254 valence electrons. The highest BCUT2D eigenvalue weighted by Crippen LogP contribution is 2.51. The third kappa shape index (κ3) is 5.11. The number of hydrogen-bond donors (Lipinski definition) is 0. The van der Waals surface area contributed by atoms with E-state index in [4.69, 9.17) is 0 Å². The SMILES string of the molecule is Cc1cc(C)cc(N(c2ccccc2)c2ccc3c(c2)c2cc(N(c4ccccc4)c4cc(C)cc(C)c4)cc4c2n3-c2ccccc2C4(C)C)c1. The van der Waals surface area contributed by atoms with E-state index in [1.54, 1.807) is 0 Å². The van der Waals surface area contributed by atoms with Crippen molar-refractivity contribution in [1.29, 1.82) is 0 Å². The van der Waals surface area contributed by atoms with Crippen LogP contribution < -0.4 is 9.80 Å². The Hall–Kier alpha value is -6.06. The number of para-hydroxylation sites is 3. The Morgan fingerprint density at radius 1 is 0.404 bits per heavy atom. The lowest BCUT2D eigenvalue weighted by Crippen LogP contribution is -2.26. The first-order valence-corrected chi connectivity index (χ1v) is 18.3. The van der Waals surface area contributed by atoms with Crippen molar-refractivity contribution in [1.82, 2.24) is 4.57 Å². The first-order chi connectivity index (χ1) is 25.2. The number of aromatic nitrogens is 1. The summed E-state index contributed by atoms with van der Waals surface area (Å²) in [6, 6.07) is 56.1. The van der Waals surface area contributed by atoms with Crippen molar-refractivity contribution in [3.63, 3.8) is 0 Å². The highest BCUT2D eigenvalue weighted by molar-refractivity contribution is 6.14. The van der Waals surface area contributed by atoms with Gasteiger partial charge in [-0.1, -0.05) is 80.6 Å². The van der Waals surface area contributed by atoms with Crippen LogP contribution in [0, 0.1) is 27.7 Å². The molecule has 0 unspecified atom stereocenters. The molecule has 1 aromatic heterocycles. The molecule has 52 heavy (non-hydrogen) atoms. The van der Waals surface area contributed by atoms with Crippen LogP contribution in [0.1, 0.15) is 47.2 Å². The molecule has 0 aliphatic carbocycles. The number of nitrogens with zero attached hydrogens (tertiary/aromatic N) is 3. The van der Waals surface area contributed by atoms with Gasteiger partial charge in [-0.3, -0.25) is 0 Å². The first-order valence-electron chi connectivity index (χ1n) is 18.3. The normalized spacial score (nSPS) is 13.0. The molecule has 3 nitrogen and oxygen atoms in total. The Morgan fingerprint density at radius 2 is 0.885 bits per heavy atom. The highest BCUT2D eigenvalue weighted by Gasteiger charge is 2.36. The van der Waals surface area contributed by atoms with Gasteiger partial charge in [-0.2, -0.15) is 0 Å².